The van der Waals surface area contributed by atoms with Gasteiger partial charge >= 0.3 is 0 Å². The molecule has 0 saturated carbocycles. The number of aromatic nitrogens is 2. The highest BCUT2D eigenvalue weighted by Crippen LogP contribution is 2.38. The molecule has 0 radical (unpaired) electrons. The van der Waals surface area contributed by atoms with Gasteiger partial charge in [-0.05, 0) is 80.8 Å². The summed E-state index contributed by atoms with van der Waals surface area (Å²) in [6, 6.07) is 24.1. The normalized spacial score (nSPS) is 11.6. The maximum atomic E-state index is 13.9. The molecule has 0 aliphatic heterocycles. The Morgan fingerprint density at radius 3 is 2.43 bits per heavy atom. The van der Waals surface area contributed by atoms with Crippen molar-refractivity contribution >= 4 is 69.8 Å². The quantitative estimate of drug-likeness (QED) is 0.201. The zero-order valence-electron chi connectivity index (χ0n) is 18.7. The number of fused-ring (bicyclic) bond motifs is 3. The summed E-state index contributed by atoms with van der Waals surface area (Å²) >= 11 is 6.75. The summed E-state index contributed by atoms with van der Waals surface area (Å²) in [5.41, 5.74) is 3.70. The van der Waals surface area contributed by atoms with Gasteiger partial charge < -0.3 is 4.74 Å². The average Bonchev–Trinajstić information content (AvgIpc) is 3.18. The van der Waals surface area contributed by atoms with Gasteiger partial charge in [0.2, 0.25) is 0 Å². The van der Waals surface area contributed by atoms with Crippen LogP contribution >= 0.6 is 31.9 Å². The van der Waals surface area contributed by atoms with E-state index in [1.54, 1.807) is 36.5 Å². The molecular weight excluding hydrogens is 592 g/mol. The van der Waals surface area contributed by atoms with Gasteiger partial charge in [-0.2, -0.15) is 0 Å². The molecule has 0 unspecified atom stereocenters. The Labute approximate surface area is 220 Å². The molecule has 0 aliphatic carbocycles. The summed E-state index contributed by atoms with van der Waals surface area (Å²) in [6.45, 7) is 2.29. The van der Waals surface area contributed by atoms with E-state index in [-0.39, 0.29) is 4.90 Å². The molecule has 5 aromatic rings. The van der Waals surface area contributed by atoms with Gasteiger partial charge in [0.25, 0.3) is 10.0 Å². The number of rotatable bonds is 6. The van der Waals surface area contributed by atoms with Crippen molar-refractivity contribution in [3.8, 4) is 5.75 Å². The van der Waals surface area contributed by atoms with Gasteiger partial charge in [-0.25, -0.2) is 12.4 Å². The van der Waals surface area contributed by atoms with Crippen molar-refractivity contribution < 1.29 is 13.2 Å². The second-order valence-electron chi connectivity index (χ2n) is 8.07. The fraction of sp³-hybridized carbons (Fsp3) is 0.0741. The summed E-state index contributed by atoms with van der Waals surface area (Å²) in [6.07, 6.45) is 3.40. The predicted octanol–water partition coefficient (Wildman–Crippen LogP) is 7.40. The van der Waals surface area contributed by atoms with E-state index < -0.39 is 10.0 Å². The summed E-state index contributed by atoms with van der Waals surface area (Å²) in [5, 5.41) is 1.46. The van der Waals surface area contributed by atoms with Gasteiger partial charge in [0.15, 0.2) is 0 Å². The number of hydrogen-bond donors (Lipinski definition) is 0. The van der Waals surface area contributed by atoms with Crippen molar-refractivity contribution in [1.29, 1.82) is 0 Å². The van der Waals surface area contributed by atoms with Gasteiger partial charge in [-0.1, -0.05) is 54.1 Å². The Morgan fingerprint density at radius 2 is 1.71 bits per heavy atom. The third kappa shape index (κ3) is 4.66. The molecule has 0 aliphatic rings. The van der Waals surface area contributed by atoms with Crippen LogP contribution in [-0.2, 0) is 16.6 Å². The Kier molecular flexibility index (Phi) is 6.53. The molecule has 35 heavy (non-hydrogen) atoms. The minimum Gasteiger partial charge on any atom is -0.488 e. The number of halogens is 2. The highest BCUT2D eigenvalue weighted by Gasteiger charge is 2.25. The molecule has 0 N–H and O–H groups in total. The van der Waals surface area contributed by atoms with Crippen molar-refractivity contribution in [3.05, 3.63) is 105 Å². The number of aryl methyl sites for hydroxylation is 1. The Hall–Kier alpha value is -2.94. The fourth-order valence-electron chi connectivity index (χ4n) is 4.04. The number of benzene rings is 3. The van der Waals surface area contributed by atoms with Crippen LogP contribution in [0.15, 0.2) is 93.3 Å². The molecule has 0 bridgehead atoms. The zero-order valence-corrected chi connectivity index (χ0v) is 22.6. The van der Waals surface area contributed by atoms with E-state index in [0.29, 0.717) is 29.1 Å². The van der Waals surface area contributed by atoms with Crippen LogP contribution in [0.5, 0.6) is 5.75 Å². The molecule has 0 fully saturated rings. The van der Waals surface area contributed by atoms with Crippen LogP contribution in [0.25, 0.3) is 27.9 Å². The van der Waals surface area contributed by atoms with E-state index in [2.05, 4.69) is 36.8 Å². The van der Waals surface area contributed by atoms with E-state index in [0.717, 1.165) is 25.3 Å². The topological polar surface area (TPSA) is 61.2 Å². The molecule has 2 aromatic heterocycles. The first-order valence-electron chi connectivity index (χ1n) is 10.8. The van der Waals surface area contributed by atoms with Gasteiger partial charge in [0.1, 0.15) is 12.4 Å². The van der Waals surface area contributed by atoms with Crippen LogP contribution in [0, 0.1) is 6.92 Å². The van der Waals surface area contributed by atoms with Crippen molar-refractivity contribution in [2.45, 2.75) is 18.4 Å². The maximum absolute atomic E-state index is 13.9. The first-order chi connectivity index (χ1) is 16.8. The Balaban J connectivity index is 1.77. The highest BCUT2D eigenvalue weighted by molar-refractivity contribution is 9.28. The van der Waals surface area contributed by atoms with E-state index in [1.165, 1.54) is 3.97 Å². The zero-order chi connectivity index (χ0) is 24.6. The van der Waals surface area contributed by atoms with E-state index in [4.69, 9.17) is 4.74 Å². The first kappa shape index (κ1) is 23.8. The monoisotopic (exact) mass is 610 g/mol. The molecule has 2 heterocycles. The largest absolute Gasteiger partial charge is 0.488 e. The van der Waals surface area contributed by atoms with Crippen LogP contribution in [0.3, 0.4) is 0 Å². The van der Waals surface area contributed by atoms with E-state index in [1.807, 2.05) is 61.5 Å². The van der Waals surface area contributed by atoms with Crippen molar-refractivity contribution in [1.82, 2.24) is 8.96 Å². The number of ether oxygens (including phenoxy) is 1. The molecule has 176 valence electrons. The second kappa shape index (κ2) is 9.60. The molecule has 5 rings (SSSR count). The van der Waals surface area contributed by atoms with E-state index >= 15 is 0 Å². The smallest absolute Gasteiger partial charge is 0.268 e. The molecule has 0 saturated heterocycles. The van der Waals surface area contributed by atoms with Gasteiger partial charge in [0.05, 0.1) is 36.6 Å². The molecular formula is C27H20Br2N2O3S. The fourth-order valence-corrected chi connectivity index (χ4v) is 6.01. The summed E-state index contributed by atoms with van der Waals surface area (Å²) in [4.78, 5) is 4.70. The first-order valence-corrected chi connectivity index (χ1v) is 13.8. The molecule has 5 nitrogen and oxygen atoms in total. The Morgan fingerprint density at radius 1 is 0.971 bits per heavy atom. The van der Waals surface area contributed by atoms with Crippen LogP contribution in [0.4, 0.5) is 0 Å². The minimum absolute atomic E-state index is 0.213. The molecule has 8 heteroatoms. The van der Waals surface area contributed by atoms with Crippen molar-refractivity contribution in [3.63, 3.8) is 0 Å². The lowest BCUT2D eigenvalue weighted by molar-refractivity contribution is 0.310. The highest BCUT2D eigenvalue weighted by atomic mass is 79.9. The van der Waals surface area contributed by atoms with E-state index in [9.17, 15) is 8.42 Å². The third-order valence-corrected chi connectivity index (χ3v) is 7.87. The lowest BCUT2D eigenvalue weighted by atomic mass is 10.1. The molecule has 0 spiro atoms. The lowest BCUT2D eigenvalue weighted by Crippen LogP contribution is -2.13. The molecule has 0 atom stereocenters. The van der Waals surface area contributed by atoms with Gasteiger partial charge in [-0.15, -0.1) is 0 Å². The summed E-state index contributed by atoms with van der Waals surface area (Å²) in [7, 11) is -3.90. The van der Waals surface area contributed by atoms with Crippen LogP contribution in [0.2, 0.25) is 0 Å². The SMILES string of the molecule is Cc1ccc(S(=O)(=O)n2c3cnc(C=C(Br)Br)cc3c3c(OCc4ccccc4)cccc32)cc1. The summed E-state index contributed by atoms with van der Waals surface area (Å²) < 4.78 is 36.0. The number of hydrogen-bond acceptors (Lipinski definition) is 4. The van der Waals surface area contributed by atoms with Crippen LogP contribution in [-0.4, -0.2) is 17.4 Å². The standard InChI is InChI=1S/C27H20Br2N2O3S/c1-18-10-12-21(13-11-18)35(32,33)31-23-8-5-9-25(34-17-19-6-3-2-4-7-19)27(23)22-14-20(15-26(28)29)30-16-24(22)31/h2-16H,17H2,1H3. The van der Waals surface area contributed by atoms with Crippen molar-refractivity contribution in [2.24, 2.45) is 0 Å². The third-order valence-electron chi connectivity index (χ3n) is 5.67. The Bertz CT molecular complexity index is 1670. The summed E-state index contributed by atoms with van der Waals surface area (Å²) in [5.74, 6) is 0.605. The predicted molar refractivity (Wildman–Crippen MR) is 148 cm³/mol. The maximum Gasteiger partial charge on any atom is 0.268 e. The lowest BCUT2D eigenvalue weighted by Gasteiger charge is -2.11. The van der Waals surface area contributed by atoms with Crippen LogP contribution < -0.4 is 4.74 Å². The minimum atomic E-state index is -3.90. The van der Waals surface area contributed by atoms with Crippen LogP contribution in [0.1, 0.15) is 16.8 Å². The number of nitrogens with zero attached hydrogens (tertiary/aromatic N) is 2. The van der Waals surface area contributed by atoms with Gasteiger partial charge in [-0.3, -0.25) is 4.98 Å². The van der Waals surface area contributed by atoms with Gasteiger partial charge in [0, 0.05) is 5.39 Å². The molecule has 0 amide bonds. The number of pyridine rings is 1. The van der Waals surface area contributed by atoms with Crippen molar-refractivity contribution in [2.75, 3.05) is 0 Å². The second-order valence-corrected chi connectivity index (χ2v) is 12.6. The molecule has 3 aromatic carbocycles. The average molecular weight is 612 g/mol.